The van der Waals surface area contributed by atoms with Gasteiger partial charge >= 0.3 is 0 Å². The van der Waals surface area contributed by atoms with Crippen LogP contribution in [0.3, 0.4) is 0 Å². The van der Waals surface area contributed by atoms with Crippen LogP contribution in [0.4, 0.5) is 5.82 Å². The minimum atomic E-state index is 0.424. The topological polar surface area (TPSA) is 37.8 Å². The van der Waals surface area contributed by atoms with Crippen LogP contribution in [0.1, 0.15) is 19.3 Å². The molecule has 0 atom stereocenters. The molecule has 3 rings (SSSR count). The molecule has 0 unspecified atom stereocenters. The second-order valence-corrected chi connectivity index (χ2v) is 6.11. The summed E-state index contributed by atoms with van der Waals surface area (Å²) < 4.78 is 0.424. The van der Waals surface area contributed by atoms with E-state index in [2.05, 4.69) is 21.5 Å². The summed E-state index contributed by atoms with van der Waals surface area (Å²) in [4.78, 5) is 9.01. The highest BCUT2D eigenvalue weighted by atomic mass is 32.2. The third-order valence-corrected chi connectivity index (χ3v) is 5.16. The van der Waals surface area contributed by atoms with E-state index in [0.29, 0.717) is 4.75 Å². The van der Waals surface area contributed by atoms with Gasteiger partial charge in [0.25, 0.3) is 0 Å². The van der Waals surface area contributed by atoms with E-state index >= 15 is 0 Å². The molecular formula is C14H17N3S. The number of anilines is 1. The van der Waals surface area contributed by atoms with Crippen molar-refractivity contribution in [3.8, 4) is 0 Å². The normalized spacial score (nSPS) is 17.4. The maximum atomic E-state index is 4.59. The summed E-state index contributed by atoms with van der Waals surface area (Å²) >= 11 is 1.97. The summed E-state index contributed by atoms with van der Waals surface area (Å²) in [6.07, 6.45) is 8.00. The van der Waals surface area contributed by atoms with Crippen molar-refractivity contribution in [2.45, 2.75) is 24.0 Å². The highest BCUT2D eigenvalue weighted by molar-refractivity contribution is 8.00. The van der Waals surface area contributed by atoms with E-state index < -0.39 is 0 Å². The van der Waals surface area contributed by atoms with Crippen LogP contribution < -0.4 is 5.32 Å². The maximum Gasteiger partial charge on any atom is 0.145 e. The Kier molecular flexibility index (Phi) is 3.12. The molecule has 1 aliphatic carbocycles. The predicted molar refractivity (Wildman–Crippen MR) is 78.1 cm³/mol. The summed E-state index contributed by atoms with van der Waals surface area (Å²) in [5.41, 5.74) is 1.90. The van der Waals surface area contributed by atoms with Crippen molar-refractivity contribution >= 4 is 28.6 Å². The van der Waals surface area contributed by atoms with Crippen molar-refractivity contribution in [1.82, 2.24) is 9.97 Å². The first-order chi connectivity index (χ1) is 8.81. The van der Waals surface area contributed by atoms with Gasteiger partial charge in [0.2, 0.25) is 0 Å². The fourth-order valence-electron chi connectivity index (χ4n) is 2.32. The number of nitrogens with one attached hydrogen (secondary N) is 1. The lowest BCUT2D eigenvalue weighted by Crippen LogP contribution is -2.40. The molecule has 1 aromatic carbocycles. The van der Waals surface area contributed by atoms with Crippen molar-refractivity contribution < 1.29 is 0 Å². The molecule has 0 aliphatic heterocycles. The molecular weight excluding hydrogens is 242 g/mol. The molecule has 2 aromatic rings. The number of rotatable bonds is 4. The monoisotopic (exact) mass is 259 g/mol. The largest absolute Gasteiger partial charge is 0.367 e. The van der Waals surface area contributed by atoms with Crippen molar-refractivity contribution in [2.75, 3.05) is 18.1 Å². The zero-order valence-electron chi connectivity index (χ0n) is 10.5. The minimum Gasteiger partial charge on any atom is -0.367 e. The Morgan fingerprint density at radius 2 is 2.06 bits per heavy atom. The molecule has 0 bridgehead atoms. The molecule has 1 aliphatic rings. The lowest BCUT2D eigenvalue weighted by molar-refractivity contribution is 0.379. The van der Waals surface area contributed by atoms with Crippen LogP contribution in [0, 0.1) is 0 Å². The number of benzene rings is 1. The Morgan fingerprint density at radius 1 is 1.28 bits per heavy atom. The van der Waals surface area contributed by atoms with Gasteiger partial charge in [0.1, 0.15) is 5.82 Å². The summed E-state index contributed by atoms with van der Waals surface area (Å²) in [5, 5.41) is 3.44. The molecule has 1 saturated carbocycles. The fourth-order valence-corrected chi connectivity index (χ4v) is 3.23. The van der Waals surface area contributed by atoms with Gasteiger partial charge in [0, 0.05) is 11.3 Å². The summed E-state index contributed by atoms with van der Waals surface area (Å²) in [5.74, 6) is 0.883. The zero-order chi connectivity index (χ0) is 12.4. The first-order valence-electron chi connectivity index (χ1n) is 6.32. The summed E-state index contributed by atoms with van der Waals surface area (Å²) in [7, 11) is 0. The number of para-hydroxylation sites is 2. The van der Waals surface area contributed by atoms with E-state index in [4.69, 9.17) is 0 Å². The van der Waals surface area contributed by atoms with Gasteiger partial charge in [-0.3, -0.25) is 4.98 Å². The van der Waals surface area contributed by atoms with Crippen molar-refractivity contribution in [1.29, 1.82) is 0 Å². The first-order valence-corrected chi connectivity index (χ1v) is 7.55. The number of thioether (sulfide) groups is 1. The van der Waals surface area contributed by atoms with Gasteiger partial charge in [-0.05, 0) is 31.2 Å². The number of nitrogens with zero attached hydrogens (tertiary/aromatic N) is 2. The highest BCUT2D eigenvalue weighted by Gasteiger charge is 2.35. The molecule has 94 valence electrons. The lowest BCUT2D eigenvalue weighted by Gasteiger charge is -2.40. The predicted octanol–water partition coefficient (Wildman–Crippen LogP) is 3.33. The van der Waals surface area contributed by atoms with Crippen LogP contribution in [0.25, 0.3) is 11.0 Å². The van der Waals surface area contributed by atoms with Gasteiger partial charge < -0.3 is 5.32 Å². The van der Waals surface area contributed by atoms with Crippen LogP contribution >= 0.6 is 11.8 Å². The van der Waals surface area contributed by atoms with Gasteiger partial charge in [-0.25, -0.2) is 4.98 Å². The number of hydrogen-bond donors (Lipinski definition) is 1. The molecule has 1 fully saturated rings. The Balaban J connectivity index is 1.74. The van der Waals surface area contributed by atoms with E-state index in [1.54, 1.807) is 0 Å². The summed E-state index contributed by atoms with van der Waals surface area (Å²) in [6.45, 7) is 0.987. The SMILES string of the molecule is CSC1(CNc2cnc3ccccc3n2)CCC1. The quantitative estimate of drug-likeness (QED) is 0.914. The fraction of sp³-hybridized carbons (Fsp3) is 0.429. The van der Waals surface area contributed by atoms with Crippen molar-refractivity contribution in [3.63, 3.8) is 0 Å². The third kappa shape index (κ3) is 2.17. The Labute approximate surface area is 111 Å². The Bertz CT molecular complexity index is 546. The molecule has 4 heteroatoms. The average molecular weight is 259 g/mol. The van der Waals surface area contributed by atoms with E-state index in [9.17, 15) is 0 Å². The smallest absolute Gasteiger partial charge is 0.145 e. The van der Waals surface area contributed by atoms with Gasteiger partial charge in [0.05, 0.1) is 17.2 Å². The lowest BCUT2D eigenvalue weighted by atomic mass is 9.84. The van der Waals surface area contributed by atoms with Gasteiger partial charge in [0.15, 0.2) is 0 Å². The number of hydrogen-bond acceptors (Lipinski definition) is 4. The van der Waals surface area contributed by atoms with Crippen molar-refractivity contribution in [2.24, 2.45) is 0 Å². The van der Waals surface area contributed by atoms with E-state index in [1.165, 1.54) is 19.3 Å². The standard InChI is InChI=1S/C14H17N3S/c1-18-14(7-4-8-14)10-16-13-9-15-11-5-2-3-6-12(11)17-13/h2-3,5-6,9H,4,7-8,10H2,1H3,(H,16,17). The van der Waals surface area contributed by atoms with Gasteiger partial charge in [-0.15, -0.1) is 0 Å². The minimum absolute atomic E-state index is 0.424. The Hall–Kier alpha value is -1.29. The van der Waals surface area contributed by atoms with Crippen LogP contribution in [0.15, 0.2) is 30.5 Å². The molecule has 1 aromatic heterocycles. The summed E-state index contributed by atoms with van der Waals surface area (Å²) in [6, 6.07) is 7.97. The second-order valence-electron chi connectivity index (χ2n) is 4.84. The molecule has 3 nitrogen and oxygen atoms in total. The maximum absolute atomic E-state index is 4.59. The number of fused-ring (bicyclic) bond motifs is 1. The third-order valence-electron chi connectivity index (χ3n) is 3.74. The van der Waals surface area contributed by atoms with E-state index in [1.807, 2.05) is 42.2 Å². The van der Waals surface area contributed by atoms with E-state index in [-0.39, 0.29) is 0 Å². The van der Waals surface area contributed by atoms with Gasteiger partial charge in [-0.1, -0.05) is 18.6 Å². The second kappa shape index (κ2) is 4.76. The molecule has 18 heavy (non-hydrogen) atoms. The highest BCUT2D eigenvalue weighted by Crippen LogP contribution is 2.42. The molecule has 0 amide bonds. The zero-order valence-corrected chi connectivity index (χ0v) is 11.3. The molecule has 0 radical (unpaired) electrons. The van der Waals surface area contributed by atoms with Gasteiger partial charge in [-0.2, -0.15) is 11.8 Å². The molecule has 0 saturated heterocycles. The Morgan fingerprint density at radius 3 is 2.72 bits per heavy atom. The van der Waals surface area contributed by atoms with Crippen LogP contribution in [-0.2, 0) is 0 Å². The van der Waals surface area contributed by atoms with Crippen molar-refractivity contribution in [3.05, 3.63) is 30.5 Å². The molecule has 0 spiro atoms. The average Bonchev–Trinajstić information content (AvgIpc) is 2.38. The van der Waals surface area contributed by atoms with Crippen LogP contribution in [0.2, 0.25) is 0 Å². The molecule has 1 heterocycles. The van der Waals surface area contributed by atoms with Crippen LogP contribution in [0.5, 0.6) is 0 Å². The van der Waals surface area contributed by atoms with E-state index in [0.717, 1.165) is 23.4 Å². The number of aromatic nitrogens is 2. The molecule has 1 N–H and O–H groups in total. The first kappa shape index (κ1) is 11.8. The van der Waals surface area contributed by atoms with Crippen LogP contribution in [-0.4, -0.2) is 27.5 Å².